The number of hydrogen-bond acceptors (Lipinski definition) is 4. The molecule has 0 aliphatic carbocycles. The molecule has 0 saturated carbocycles. The molecule has 2 aromatic carbocycles. The van der Waals surface area contributed by atoms with Gasteiger partial charge in [-0.25, -0.2) is 4.98 Å². The van der Waals surface area contributed by atoms with E-state index in [0.717, 1.165) is 16.8 Å². The molecule has 0 aliphatic heterocycles. The number of carbonyl (C=O) groups excluding carboxylic acids is 1. The number of nitrogens with zero attached hydrogens (tertiary/aromatic N) is 1. The summed E-state index contributed by atoms with van der Waals surface area (Å²) in [6.07, 6.45) is 0. The third kappa shape index (κ3) is 3.46. The smallest absolute Gasteiger partial charge is 0.246 e. The van der Waals surface area contributed by atoms with Crippen LogP contribution in [0.25, 0.3) is 11.1 Å². The lowest BCUT2D eigenvalue weighted by Crippen LogP contribution is -2.31. The van der Waals surface area contributed by atoms with Gasteiger partial charge in [0.15, 0.2) is 11.5 Å². The number of rotatable bonds is 4. The fraction of sp³-hybridized carbons (Fsp3) is 0.176. The highest BCUT2D eigenvalue weighted by Gasteiger charge is 2.14. The maximum atomic E-state index is 12.3. The van der Waals surface area contributed by atoms with Crippen LogP contribution < -0.4 is 10.6 Å². The average Bonchev–Trinajstić information content (AvgIpc) is 2.88. The van der Waals surface area contributed by atoms with Crippen molar-refractivity contribution in [3.05, 3.63) is 53.4 Å². The van der Waals surface area contributed by atoms with Gasteiger partial charge in [-0.15, -0.1) is 0 Å². The Morgan fingerprint density at radius 2 is 2.04 bits per heavy atom. The van der Waals surface area contributed by atoms with Crippen LogP contribution in [0, 0.1) is 6.92 Å². The Kier molecular flexibility index (Phi) is 4.21. The van der Waals surface area contributed by atoms with E-state index < -0.39 is 6.04 Å². The zero-order valence-corrected chi connectivity index (χ0v) is 13.5. The molecule has 5 nitrogen and oxygen atoms in total. The number of halogens is 1. The zero-order chi connectivity index (χ0) is 16.4. The van der Waals surface area contributed by atoms with Crippen LogP contribution in [0.15, 0.2) is 46.9 Å². The predicted octanol–water partition coefficient (Wildman–Crippen LogP) is 4.23. The third-order valence-corrected chi connectivity index (χ3v) is 3.73. The molecule has 0 saturated heterocycles. The molecule has 1 atom stereocenters. The van der Waals surface area contributed by atoms with E-state index in [0.29, 0.717) is 16.6 Å². The van der Waals surface area contributed by atoms with Crippen molar-refractivity contribution in [3.8, 4) is 0 Å². The number of hydrogen-bond donors (Lipinski definition) is 2. The minimum absolute atomic E-state index is 0.172. The minimum Gasteiger partial charge on any atom is -0.441 e. The molecule has 0 spiro atoms. The van der Waals surface area contributed by atoms with Crippen LogP contribution in [0.3, 0.4) is 0 Å². The Balaban J connectivity index is 1.70. The van der Waals surface area contributed by atoms with Gasteiger partial charge >= 0.3 is 0 Å². The third-order valence-electron chi connectivity index (χ3n) is 3.40. The first-order valence-electron chi connectivity index (χ1n) is 7.22. The summed E-state index contributed by atoms with van der Waals surface area (Å²) in [7, 11) is 0. The lowest BCUT2D eigenvalue weighted by atomic mass is 10.2. The molecule has 0 radical (unpaired) electrons. The highest BCUT2D eigenvalue weighted by atomic mass is 35.5. The molecule has 0 fully saturated rings. The number of fused-ring (bicyclic) bond motifs is 1. The van der Waals surface area contributed by atoms with Crippen molar-refractivity contribution in [2.75, 3.05) is 10.6 Å². The second-order valence-electron chi connectivity index (χ2n) is 5.25. The highest BCUT2D eigenvalue weighted by Crippen LogP contribution is 2.22. The van der Waals surface area contributed by atoms with Crippen LogP contribution in [0.5, 0.6) is 0 Å². The van der Waals surface area contributed by atoms with E-state index in [-0.39, 0.29) is 5.91 Å². The second kappa shape index (κ2) is 6.30. The Labute approximate surface area is 138 Å². The molecule has 0 bridgehead atoms. The summed E-state index contributed by atoms with van der Waals surface area (Å²) in [6.45, 7) is 3.58. The summed E-state index contributed by atoms with van der Waals surface area (Å²) in [5, 5.41) is 6.46. The SMILES string of the molecule is Cc1nc2cc(N[C@@H](C)C(=O)Nc3ccccc3Cl)ccc2o1. The van der Waals surface area contributed by atoms with Crippen molar-refractivity contribution in [2.45, 2.75) is 19.9 Å². The second-order valence-corrected chi connectivity index (χ2v) is 5.66. The van der Waals surface area contributed by atoms with Gasteiger partial charge in [0.1, 0.15) is 11.6 Å². The number of anilines is 2. The average molecular weight is 330 g/mol. The normalized spacial score (nSPS) is 12.1. The Morgan fingerprint density at radius 3 is 2.83 bits per heavy atom. The maximum Gasteiger partial charge on any atom is 0.246 e. The number of carbonyl (C=O) groups is 1. The van der Waals surface area contributed by atoms with Crippen LogP contribution in [0.4, 0.5) is 11.4 Å². The summed E-state index contributed by atoms with van der Waals surface area (Å²) < 4.78 is 5.43. The zero-order valence-electron chi connectivity index (χ0n) is 12.8. The number of amides is 1. The molecule has 118 valence electrons. The van der Waals surface area contributed by atoms with Gasteiger partial charge in [-0.2, -0.15) is 0 Å². The van der Waals surface area contributed by atoms with Gasteiger partial charge in [-0.05, 0) is 37.3 Å². The molecule has 6 heteroatoms. The van der Waals surface area contributed by atoms with Crippen LogP contribution in [0.2, 0.25) is 5.02 Å². The Hall–Kier alpha value is -2.53. The quantitative estimate of drug-likeness (QED) is 0.751. The number of aromatic nitrogens is 1. The standard InChI is InChI=1S/C17H16ClN3O2/c1-10(17(22)21-14-6-4-3-5-13(14)18)19-12-7-8-16-15(9-12)20-11(2)23-16/h3-10,19H,1-2H3,(H,21,22)/t10-/m0/s1. The van der Waals surface area contributed by atoms with E-state index >= 15 is 0 Å². The van der Waals surface area contributed by atoms with Gasteiger partial charge in [0.2, 0.25) is 5.91 Å². The number of para-hydroxylation sites is 1. The summed E-state index contributed by atoms with van der Waals surface area (Å²) in [4.78, 5) is 16.6. The number of oxazole rings is 1. The number of aryl methyl sites for hydroxylation is 1. The van der Waals surface area contributed by atoms with Crippen LogP contribution >= 0.6 is 11.6 Å². The van der Waals surface area contributed by atoms with Crippen molar-refractivity contribution in [3.63, 3.8) is 0 Å². The van der Waals surface area contributed by atoms with Crippen LogP contribution in [0.1, 0.15) is 12.8 Å². The molecular formula is C17H16ClN3O2. The summed E-state index contributed by atoms with van der Waals surface area (Å²) in [5.74, 6) is 0.441. The van der Waals surface area contributed by atoms with Crippen molar-refractivity contribution in [1.29, 1.82) is 0 Å². The first-order chi connectivity index (χ1) is 11.0. The molecule has 3 aromatic rings. The molecule has 2 N–H and O–H groups in total. The van der Waals surface area contributed by atoms with Crippen LogP contribution in [-0.4, -0.2) is 16.9 Å². The maximum absolute atomic E-state index is 12.3. The first kappa shape index (κ1) is 15.4. The van der Waals surface area contributed by atoms with Crippen molar-refractivity contribution in [2.24, 2.45) is 0 Å². The lowest BCUT2D eigenvalue weighted by Gasteiger charge is -2.15. The largest absolute Gasteiger partial charge is 0.441 e. The van der Waals surface area contributed by atoms with Gasteiger partial charge in [-0.3, -0.25) is 4.79 Å². The van der Waals surface area contributed by atoms with Crippen molar-refractivity contribution < 1.29 is 9.21 Å². The minimum atomic E-state index is -0.434. The van der Waals surface area contributed by atoms with E-state index in [1.54, 1.807) is 26.0 Å². The van der Waals surface area contributed by atoms with E-state index in [1.165, 1.54) is 0 Å². The summed E-state index contributed by atoms with van der Waals surface area (Å²) in [6, 6.07) is 12.2. The monoisotopic (exact) mass is 329 g/mol. The van der Waals surface area contributed by atoms with E-state index in [9.17, 15) is 4.79 Å². The molecular weight excluding hydrogens is 314 g/mol. The van der Waals surface area contributed by atoms with Gasteiger partial charge in [-0.1, -0.05) is 23.7 Å². The molecule has 1 aromatic heterocycles. The van der Waals surface area contributed by atoms with E-state index in [1.807, 2.05) is 30.3 Å². The van der Waals surface area contributed by atoms with Crippen molar-refractivity contribution in [1.82, 2.24) is 4.98 Å². The number of benzene rings is 2. The molecule has 1 amide bonds. The van der Waals surface area contributed by atoms with Gasteiger partial charge in [0.05, 0.1) is 10.7 Å². The molecule has 1 heterocycles. The first-order valence-corrected chi connectivity index (χ1v) is 7.60. The van der Waals surface area contributed by atoms with Gasteiger partial charge in [0, 0.05) is 12.6 Å². The fourth-order valence-electron chi connectivity index (χ4n) is 2.25. The Bertz CT molecular complexity index is 860. The van der Waals surface area contributed by atoms with Crippen molar-refractivity contribution >= 4 is 40.0 Å². The highest BCUT2D eigenvalue weighted by molar-refractivity contribution is 6.33. The fourth-order valence-corrected chi connectivity index (χ4v) is 2.43. The molecule has 0 unspecified atom stereocenters. The molecule has 23 heavy (non-hydrogen) atoms. The summed E-state index contributed by atoms with van der Waals surface area (Å²) >= 11 is 6.05. The summed E-state index contributed by atoms with van der Waals surface area (Å²) in [5.41, 5.74) is 2.87. The predicted molar refractivity (Wildman–Crippen MR) is 91.9 cm³/mol. The van der Waals surface area contributed by atoms with E-state index in [2.05, 4.69) is 15.6 Å². The topological polar surface area (TPSA) is 67.2 Å². The lowest BCUT2D eigenvalue weighted by molar-refractivity contribution is -0.116. The van der Waals surface area contributed by atoms with Crippen LogP contribution in [-0.2, 0) is 4.79 Å². The van der Waals surface area contributed by atoms with Gasteiger partial charge in [0.25, 0.3) is 0 Å². The molecule has 3 rings (SSSR count). The Morgan fingerprint density at radius 1 is 1.26 bits per heavy atom. The number of nitrogens with one attached hydrogen (secondary N) is 2. The van der Waals surface area contributed by atoms with Gasteiger partial charge < -0.3 is 15.1 Å². The molecule has 0 aliphatic rings. The van der Waals surface area contributed by atoms with E-state index in [4.69, 9.17) is 16.0 Å².